The average Bonchev–Trinajstić information content (AvgIpc) is 2.76. The van der Waals surface area contributed by atoms with Crippen molar-refractivity contribution >= 4 is 21.3 Å². The molecule has 0 N–H and O–H groups in total. The molecule has 0 amide bonds. The molecule has 0 atom stereocenters. The number of ether oxygens (including phenoxy) is 1. The normalized spacial score (nSPS) is 20.7. The number of Topliss-reactive ketones (excluding diaryl/α,β-unsaturated/α-hetero) is 1. The van der Waals surface area contributed by atoms with E-state index < -0.39 is 43.9 Å². The van der Waals surface area contributed by atoms with Crippen molar-refractivity contribution in [2.75, 3.05) is 31.2 Å². The van der Waals surface area contributed by atoms with E-state index in [9.17, 15) is 35.2 Å². The molecule has 25 heavy (non-hydrogen) atoms. The second kappa shape index (κ2) is 5.63. The average molecular weight is 385 g/mol. The van der Waals surface area contributed by atoms with Gasteiger partial charge in [0.25, 0.3) is 9.84 Å². The molecule has 0 unspecified atom stereocenters. The standard InChI is InChI=1S/C14H12F5NO4S/c15-13(16)7-8-9(20-3-5-24-6-4-20)1-2-10(11(8)12(13)21)25(22,23)14(17,18)19/h1-2H,3-7H2. The zero-order valence-electron chi connectivity index (χ0n) is 12.6. The van der Waals surface area contributed by atoms with E-state index in [2.05, 4.69) is 0 Å². The fourth-order valence-corrected chi connectivity index (χ4v) is 3.96. The van der Waals surface area contributed by atoms with Gasteiger partial charge in [-0.25, -0.2) is 8.42 Å². The van der Waals surface area contributed by atoms with Crippen LogP contribution in [0.15, 0.2) is 17.0 Å². The summed E-state index contributed by atoms with van der Waals surface area (Å²) in [6, 6.07) is 1.61. The van der Waals surface area contributed by atoms with Crippen LogP contribution in [-0.2, 0) is 21.0 Å². The van der Waals surface area contributed by atoms with E-state index in [4.69, 9.17) is 4.74 Å². The van der Waals surface area contributed by atoms with Gasteiger partial charge in [-0.05, 0) is 17.7 Å². The van der Waals surface area contributed by atoms with Gasteiger partial charge in [0.1, 0.15) is 0 Å². The van der Waals surface area contributed by atoms with Crippen LogP contribution in [0.4, 0.5) is 27.6 Å². The highest BCUT2D eigenvalue weighted by Crippen LogP contribution is 2.45. The summed E-state index contributed by atoms with van der Waals surface area (Å²) >= 11 is 0. The van der Waals surface area contributed by atoms with Crippen LogP contribution in [0.3, 0.4) is 0 Å². The molecule has 5 nitrogen and oxygen atoms in total. The van der Waals surface area contributed by atoms with Crippen LogP contribution < -0.4 is 4.90 Å². The minimum Gasteiger partial charge on any atom is -0.378 e. The van der Waals surface area contributed by atoms with Crippen LogP contribution in [0.2, 0.25) is 0 Å². The fourth-order valence-electron chi connectivity index (χ4n) is 2.98. The molecule has 1 aliphatic carbocycles. The summed E-state index contributed by atoms with van der Waals surface area (Å²) in [5, 5.41) is 0. The van der Waals surface area contributed by atoms with E-state index in [0.29, 0.717) is 6.07 Å². The highest BCUT2D eigenvalue weighted by Gasteiger charge is 2.55. The van der Waals surface area contributed by atoms with Crippen LogP contribution in [0, 0.1) is 0 Å². The number of hydrogen-bond acceptors (Lipinski definition) is 5. The molecular formula is C14H12F5NO4S. The fraction of sp³-hybridized carbons (Fsp3) is 0.500. The van der Waals surface area contributed by atoms with E-state index in [-0.39, 0.29) is 37.6 Å². The molecule has 1 aromatic rings. The molecule has 0 radical (unpaired) electrons. The number of sulfone groups is 1. The van der Waals surface area contributed by atoms with E-state index in [1.165, 1.54) is 0 Å². The first-order chi connectivity index (χ1) is 11.5. The highest BCUT2D eigenvalue weighted by atomic mass is 32.2. The van der Waals surface area contributed by atoms with Crippen LogP contribution >= 0.6 is 0 Å². The van der Waals surface area contributed by atoms with Gasteiger partial charge >= 0.3 is 11.4 Å². The number of anilines is 1. The van der Waals surface area contributed by atoms with E-state index in [1.807, 2.05) is 0 Å². The molecule has 0 bridgehead atoms. The van der Waals surface area contributed by atoms with Crippen molar-refractivity contribution in [3.8, 4) is 0 Å². The van der Waals surface area contributed by atoms with Gasteiger partial charge in [-0.3, -0.25) is 4.79 Å². The molecule has 138 valence electrons. The maximum Gasteiger partial charge on any atom is 0.501 e. The first kappa shape index (κ1) is 18.1. The predicted octanol–water partition coefficient (Wildman–Crippen LogP) is 2.19. The van der Waals surface area contributed by atoms with Gasteiger partial charge in [0.05, 0.1) is 18.1 Å². The van der Waals surface area contributed by atoms with Crippen molar-refractivity contribution in [3.05, 3.63) is 23.3 Å². The molecule has 1 saturated heterocycles. The van der Waals surface area contributed by atoms with Crippen molar-refractivity contribution in [2.45, 2.75) is 22.7 Å². The first-order valence-electron chi connectivity index (χ1n) is 7.19. The minimum absolute atomic E-state index is 0.130. The number of halogens is 5. The van der Waals surface area contributed by atoms with Gasteiger partial charge in [0, 0.05) is 30.8 Å². The minimum atomic E-state index is -5.93. The quantitative estimate of drug-likeness (QED) is 0.731. The van der Waals surface area contributed by atoms with Crippen molar-refractivity contribution < 1.29 is 39.9 Å². The third kappa shape index (κ3) is 2.78. The van der Waals surface area contributed by atoms with E-state index in [1.54, 1.807) is 4.90 Å². The van der Waals surface area contributed by atoms with Gasteiger partial charge in [0.2, 0.25) is 5.78 Å². The second-order valence-corrected chi connectivity index (χ2v) is 7.60. The maximum absolute atomic E-state index is 13.9. The number of carbonyl (C=O) groups is 1. The highest BCUT2D eigenvalue weighted by molar-refractivity contribution is 7.92. The smallest absolute Gasteiger partial charge is 0.378 e. The summed E-state index contributed by atoms with van der Waals surface area (Å²) in [6.07, 6.45) is -1.13. The van der Waals surface area contributed by atoms with Crippen LogP contribution in [0.1, 0.15) is 15.9 Å². The molecular weight excluding hydrogens is 373 g/mol. The van der Waals surface area contributed by atoms with Crippen LogP contribution in [0.5, 0.6) is 0 Å². The Hall–Kier alpha value is -1.75. The Labute approximate surface area is 139 Å². The lowest BCUT2D eigenvalue weighted by atomic mass is 10.1. The van der Waals surface area contributed by atoms with E-state index >= 15 is 0 Å². The molecule has 0 aromatic heterocycles. The molecule has 1 heterocycles. The number of fused-ring (bicyclic) bond motifs is 1. The van der Waals surface area contributed by atoms with Crippen LogP contribution in [0.25, 0.3) is 0 Å². The Morgan fingerprint density at radius 1 is 1.12 bits per heavy atom. The molecule has 2 aliphatic rings. The van der Waals surface area contributed by atoms with Gasteiger partial charge < -0.3 is 9.64 Å². The molecule has 1 fully saturated rings. The summed E-state index contributed by atoms with van der Waals surface area (Å²) in [6.45, 7) is 1.14. The number of carbonyl (C=O) groups excluding carboxylic acids is 1. The summed E-state index contributed by atoms with van der Waals surface area (Å²) in [5.41, 5.74) is -7.00. The topological polar surface area (TPSA) is 63.7 Å². The van der Waals surface area contributed by atoms with Crippen molar-refractivity contribution in [3.63, 3.8) is 0 Å². The Morgan fingerprint density at radius 3 is 2.28 bits per heavy atom. The van der Waals surface area contributed by atoms with E-state index in [0.717, 1.165) is 6.07 Å². The zero-order chi connectivity index (χ0) is 18.6. The number of nitrogens with zero attached hydrogens (tertiary/aromatic N) is 1. The summed E-state index contributed by atoms with van der Waals surface area (Å²) in [4.78, 5) is 12.1. The number of ketones is 1. The molecule has 1 aromatic carbocycles. The molecule has 11 heteroatoms. The van der Waals surface area contributed by atoms with Gasteiger partial charge in [-0.2, -0.15) is 22.0 Å². The Bertz CT molecular complexity index is 828. The number of hydrogen-bond donors (Lipinski definition) is 0. The molecule has 0 saturated carbocycles. The number of morpholine rings is 1. The molecule has 0 spiro atoms. The van der Waals surface area contributed by atoms with Crippen molar-refractivity contribution in [2.24, 2.45) is 0 Å². The third-order valence-electron chi connectivity index (χ3n) is 4.15. The third-order valence-corrected chi connectivity index (χ3v) is 5.68. The summed E-state index contributed by atoms with van der Waals surface area (Å²) in [7, 11) is -5.93. The first-order valence-corrected chi connectivity index (χ1v) is 8.67. The maximum atomic E-state index is 13.9. The number of rotatable bonds is 2. The van der Waals surface area contributed by atoms with Crippen molar-refractivity contribution in [1.82, 2.24) is 0 Å². The Morgan fingerprint density at radius 2 is 1.72 bits per heavy atom. The lowest BCUT2D eigenvalue weighted by Crippen LogP contribution is -2.37. The Kier molecular flexibility index (Phi) is 4.06. The van der Waals surface area contributed by atoms with Gasteiger partial charge in [-0.15, -0.1) is 0 Å². The Balaban J connectivity index is 2.22. The predicted molar refractivity (Wildman–Crippen MR) is 75.7 cm³/mol. The van der Waals surface area contributed by atoms with Crippen LogP contribution in [-0.4, -0.2) is 51.9 Å². The molecule has 1 aliphatic heterocycles. The largest absolute Gasteiger partial charge is 0.501 e. The lowest BCUT2D eigenvalue weighted by Gasteiger charge is -2.30. The van der Waals surface area contributed by atoms with Gasteiger partial charge in [-0.1, -0.05) is 0 Å². The second-order valence-electron chi connectivity index (χ2n) is 5.70. The monoisotopic (exact) mass is 385 g/mol. The number of benzene rings is 1. The lowest BCUT2D eigenvalue weighted by molar-refractivity contribution is -0.0436. The van der Waals surface area contributed by atoms with Gasteiger partial charge in [0.15, 0.2) is 0 Å². The summed E-state index contributed by atoms with van der Waals surface area (Å²) < 4.78 is 94.8. The summed E-state index contributed by atoms with van der Waals surface area (Å²) in [5.74, 6) is -5.85. The molecule has 3 rings (SSSR count). The number of alkyl halides is 5. The SMILES string of the molecule is O=C1c2c(S(=O)(=O)C(F)(F)F)ccc(N3CCOCC3)c2CC1(F)F. The zero-order valence-corrected chi connectivity index (χ0v) is 13.4. The van der Waals surface area contributed by atoms with Crippen molar-refractivity contribution in [1.29, 1.82) is 0 Å².